The van der Waals surface area contributed by atoms with Crippen LogP contribution in [0, 0.1) is 17.7 Å². The molecule has 1 saturated carbocycles. The molecule has 2 atom stereocenters. The van der Waals surface area contributed by atoms with Gasteiger partial charge in [-0.25, -0.2) is 9.18 Å². The maximum absolute atomic E-state index is 13.1. The Morgan fingerprint density at radius 2 is 2.05 bits per heavy atom. The van der Waals surface area contributed by atoms with Gasteiger partial charge in [-0.1, -0.05) is 0 Å². The molecule has 0 heterocycles. The fourth-order valence-corrected chi connectivity index (χ4v) is 1.89. The number of esters is 1. The Balaban J connectivity index is 2.15. The molecule has 1 aromatic carbocycles. The third-order valence-corrected chi connectivity index (χ3v) is 3.09. The molecule has 2 N–H and O–H groups in total. The number of anilines is 1. The minimum absolute atomic E-state index is 0.0966. The van der Waals surface area contributed by atoms with Crippen LogP contribution in [0.1, 0.15) is 16.8 Å². The van der Waals surface area contributed by atoms with Gasteiger partial charge < -0.3 is 15.2 Å². The van der Waals surface area contributed by atoms with Crippen LogP contribution in [-0.2, 0) is 14.3 Å². The van der Waals surface area contributed by atoms with Crippen molar-refractivity contribution in [3.8, 4) is 0 Å². The zero-order valence-corrected chi connectivity index (χ0v) is 10.6. The highest BCUT2D eigenvalue weighted by molar-refractivity contribution is 6.03. The smallest absolute Gasteiger partial charge is 0.340 e. The van der Waals surface area contributed by atoms with Crippen LogP contribution in [0.15, 0.2) is 18.2 Å². The molecule has 0 aromatic heterocycles. The SMILES string of the molecule is COC(=O)c1cc(F)ccc1NC(=O)C1CC1C(=O)O. The molecule has 6 nitrogen and oxygen atoms in total. The van der Waals surface area contributed by atoms with E-state index in [1.54, 1.807) is 0 Å². The zero-order chi connectivity index (χ0) is 14.9. The van der Waals surface area contributed by atoms with E-state index in [4.69, 9.17) is 5.11 Å². The summed E-state index contributed by atoms with van der Waals surface area (Å²) in [6, 6.07) is 3.27. The van der Waals surface area contributed by atoms with E-state index >= 15 is 0 Å². The van der Waals surface area contributed by atoms with Crippen LogP contribution < -0.4 is 5.32 Å². The van der Waals surface area contributed by atoms with E-state index in [0.29, 0.717) is 0 Å². The number of amides is 1. The molecule has 0 spiro atoms. The molecule has 0 aliphatic heterocycles. The summed E-state index contributed by atoms with van der Waals surface area (Å²) in [5.41, 5.74) is -0.0207. The number of carboxylic acid groups (broad SMARTS) is 1. The first-order valence-corrected chi connectivity index (χ1v) is 5.85. The molecule has 0 saturated heterocycles. The lowest BCUT2D eigenvalue weighted by Gasteiger charge is -2.09. The van der Waals surface area contributed by atoms with E-state index in [1.807, 2.05) is 0 Å². The molecule has 20 heavy (non-hydrogen) atoms. The van der Waals surface area contributed by atoms with Crippen molar-refractivity contribution in [1.82, 2.24) is 0 Å². The van der Waals surface area contributed by atoms with Crippen molar-refractivity contribution >= 4 is 23.5 Å². The second kappa shape index (κ2) is 5.28. The first-order chi connectivity index (χ1) is 9.43. The molecule has 2 rings (SSSR count). The Bertz CT molecular complexity index is 586. The van der Waals surface area contributed by atoms with E-state index in [9.17, 15) is 18.8 Å². The van der Waals surface area contributed by atoms with Gasteiger partial charge in [0, 0.05) is 0 Å². The van der Waals surface area contributed by atoms with E-state index in [2.05, 4.69) is 10.1 Å². The molecule has 1 aliphatic carbocycles. The monoisotopic (exact) mass is 281 g/mol. The number of hydrogen-bond donors (Lipinski definition) is 2. The minimum atomic E-state index is -1.03. The van der Waals surface area contributed by atoms with Gasteiger partial charge >= 0.3 is 11.9 Å². The van der Waals surface area contributed by atoms with Crippen LogP contribution in [0.25, 0.3) is 0 Å². The molecule has 0 bridgehead atoms. The third-order valence-electron chi connectivity index (χ3n) is 3.09. The Hall–Kier alpha value is -2.44. The van der Waals surface area contributed by atoms with Gasteiger partial charge in [0.2, 0.25) is 5.91 Å². The van der Waals surface area contributed by atoms with Gasteiger partial charge in [0.05, 0.1) is 30.2 Å². The van der Waals surface area contributed by atoms with Crippen LogP contribution in [0.3, 0.4) is 0 Å². The molecular weight excluding hydrogens is 269 g/mol. The maximum Gasteiger partial charge on any atom is 0.340 e. The van der Waals surface area contributed by atoms with Gasteiger partial charge in [-0.2, -0.15) is 0 Å². The first-order valence-electron chi connectivity index (χ1n) is 5.85. The summed E-state index contributed by atoms with van der Waals surface area (Å²) in [6.45, 7) is 0. The van der Waals surface area contributed by atoms with Gasteiger partial charge in [-0.3, -0.25) is 9.59 Å². The fraction of sp³-hybridized carbons (Fsp3) is 0.308. The number of nitrogens with one attached hydrogen (secondary N) is 1. The lowest BCUT2D eigenvalue weighted by atomic mass is 10.1. The Morgan fingerprint density at radius 3 is 2.60 bits per heavy atom. The molecule has 106 valence electrons. The Labute approximate surface area is 113 Å². The largest absolute Gasteiger partial charge is 0.481 e. The highest BCUT2D eigenvalue weighted by atomic mass is 19.1. The number of carbonyl (C=O) groups is 3. The van der Waals surface area contributed by atoms with Crippen LogP contribution in [0.2, 0.25) is 0 Å². The highest BCUT2D eigenvalue weighted by Gasteiger charge is 2.48. The predicted octanol–water partition coefficient (Wildman–Crippen LogP) is 1.27. The van der Waals surface area contributed by atoms with E-state index in [0.717, 1.165) is 19.2 Å². The second-order valence-electron chi connectivity index (χ2n) is 4.46. The number of hydrogen-bond acceptors (Lipinski definition) is 4. The van der Waals surface area contributed by atoms with Crippen LogP contribution in [0.5, 0.6) is 0 Å². The van der Waals surface area contributed by atoms with Crippen molar-refractivity contribution in [2.24, 2.45) is 11.8 Å². The lowest BCUT2D eigenvalue weighted by molar-refractivity contribution is -0.139. The standard InChI is InChI=1S/C13H12FNO5/c1-20-13(19)9-4-6(14)2-3-10(9)15-11(16)7-5-8(7)12(17)18/h2-4,7-8H,5H2,1H3,(H,15,16)(H,17,18). The van der Waals surface area contributed by atoms with Crippen molar-refractivity contribution in [1.29, 1.82) is 0 Å². The molecule has 1 fully saturated rings. The average Bonchev–Trinajstić information content (AvgIpc) is 3.20. The van der Waals surface area contributed by atoms with Gasteiger partial charge in [0.25, 0.3) is 0 Å². The average molecular weight is 281 g/mol. The van der Waals surface area contributed by atoms with Crippen LogP contribution in [-0.4, -0.2) is 30.1 Å². The number of halogens is 1. The number of rotatable bonds is 4. The summed E-state index contributed by atoms with van der Waals surface area (Å²) in [5, 5.41) is 11.2. The fourth-order valence-electron chi connectivity index (χ4n) is 1.89. The molecule has 1 amide bonds. The molecular formula is C13H12FNO5. The molecule has 7 heteroatoms. The molecule has 0 radical (unpaired) electrons. The summed E-state index contributed by atoms with van der Waals surface area (Å²) in [6.07, 6.45) is 0.260. The van der Waals surface area contributed by atoms with E-state index < -0.39 is 35.5 Å². The summed E-state index contributed by atoms with van der Waals surface area (Å²) in [7, 11) is 1.14. The summed E-state index contributed by atoms with van der Waals surface area (Å²) >= 11 is 0. The topological polar surface area (TPSA) is 92.7 Å². The van der Waals surface area contributed by atoms with Crippen molar-refractivity contribution < 1.29 is 28.6 Å². The van der Waals surface area contributed by atoms with E-state index in [-0.39, 0.29) is 17.7 Å². The molecule has 2 unspecified atom stereocenters. The molecule has 1 aliphatic rings. The number of carboxylic acids is 1. The number of aliphatic carboxylic acids is 1. The normalized spacial score (nSPS) is 20.1. The summed E-state index contributed by atoms with van der Waals surface area (Å²) < 4.78 is 17.6. The minimum Gasteiger partial charge on any atom is -0.481 e. The third kappa shape index (κ3) is 2.76. The van der Waals surface area contributed by atoms with Crippen molar-refractivity contribution in [3.63, 3.8) is 0 Å². The van der Waals surface area contributed by atoms with Gasteiger partial charge in [0.15, 0.2) is 0 Å². The van der Waals surface area contributed by atoms with E-state index in [1.165, 1.54) is 6.07 Å². The van der Waals surface area contributed by atoms with Gasteiger partial charge in [0.1, 0.15) is 5.82 Å². The van der Waals surface area contributed by atoms with Crippen LogP contribution >= 0.6 is 0 Å². The Kier molecular flexibility index (Phi) is 3.69. The number of methoxy groups -OCH3 is 1. The number of ether oxygens (including phenoxy) is 1. The summed E-state index contributed by atoms with van der Waals surface area (Å²) in [5.74, 6) is -4.28. The van der Waals surface area contributed by atoms with Crippen molar-refractivity contribution in [2.75, 3.05) is 12.4 Å². The van der Waals surface area contributed by atoms with Crippen molar-refractivity contribution in [2.45, 2.75) is 6.42 Å². The second-order valence-corrected chi connectivity index (χ2v) is 4.46. The highest BCUT2D eigenvalue weighted by Crippen LogP contribution is 2.39. The summed E-state index contributed by atoms with van der Waals surface area (Å²) in [4.78, 5) is 34.0. The van der Waals surface area contributed by atoms with Crippen LogP contribution in [0.4, 0.5) is 10.1 Å². The van der Waals surface area contributed by atoms with Gasteiger partial charge in [-0.05, 0) is 24.6 Å². The van der Waals surface area contributed by atoms with Crippen molar-refractivity contribution in [3.05, 3.63) is 29.6 Å². The van der Waals surface area contributed by atoms with Gasteiger partial charge in [-0.15, -0.1) is 0 Å². The lowest BCUT2D eigenvalue weighted by Crippen LogP contribution is -2.19. The quantitative estimate of drug-likeness (QED) is 0.811. The maximum atomic E-state index is 13.1. The first kappa shape index (κ1) is 14.0. The number of carbonyl (C=O) groups excluding carboxylic acids is 2. The molecule has 1 aromatic rings. The zero-order valence-electron chi connectivity index (χ0n) is 10.6. The number of benzene rings is 1. The Morgan fingerprint density at radius 1 is 1.35 bits per heavy atom. The predicted molar refractivity (Wildman–Crippen MR) is 65.6 cm³/mol.